The molecule has 5 aromatic rings. The molecule has 0 aliphatic carbocycles. The van der Waals surface area contributed by atoms with Gasteiger partial charge in [-0.15, -0.1) is 10.2 Å². The van der Waals surface area contributed by atoms with Gasteiger partial charge < -0.3 is 9.73 Å². The quantitative estimate of drug-likeness (QED) is 0.327. The number of aromatic nitrogens is 4. The molecule has 0 fully saturated rings. The molecule has 0 radical (unpaired) electrons. The normalized spacial score (nSPS) is 11.2. The number of thioether (sulfide) groups is 1. The van der Waals surface area contributed by atoms with Gasteiger partial charge in [0.25, 0.3) is 5.91 Å². The maximum absolute atomic E-state index is 13.2. The Balaban J connectivity index is 1.41. The van der Waals surface area contributed by atoms with E-state index in [9.17, 15) is 4.79 Å². The Hall–Kier alpha value is -3.43. The summed E-state index contributed by atoms with van der Waals surface area (Å²) in [5.41, 5.74) is 2.62. The van der Waals surface area contributed by atoms with Gasteiger partial charge in [-0.1, -0.05) is 71.6 Å². The number of hydrogen-bond acceptors (Lipinski definition) is 7. The number of aryl methyl sites for hydroxylation is 1. The summed E-state index contributed by atoms with van der Waals surface area (Å²) < 4.78 is 8.59. The van der Waals surface area contributed by atoms with Gasteiger partial charge in [-0.25, -0.2) is 4.68 Å². The van der Waals surface area contributed by atoms with Crippen LogP contribution in [0.1, 0.15) is 26.7 Å². The summed E-state index contributed by atoms with van der Waals surface area (Å²) in [5.74, 6) is 1.16. The Morgan fingerprint density at radius 3 is 2.72 bits per heavy atom. The molecule has 2 aromatic carbocycles. The molecule has 0 atom stereocenters. The first-order valence-electron chi connectivity index (χ1n) is 9.98. The van der Waals surface area contributed by atoms with Gasteiger partial charge in [-0.05, 0) is 18.6 Å². The van der Waals surface area contributed by atoms with Gasteiger partial charge in [0.05, 0.1) is 12.7 Å². The molecule has 5 rings (SSSR count). The Labute approximate surface area is 192 Å². The Morgan fingerprint density at radius 1 is 1.09 bits per heavy atom. The van der Waals surface area contributed by atoms with Gasteiger partial charge in [0.1, 0.15) is 16.4 Å². The number of furan rings is 1. The maximum Gasteiger partial charge on any atom is 0.292 e. The Bertz CT molecular complexity index is 1370. The summed E-state index contributed by atoms with van der Waals surface area (Å²) in [6.07, 6.45) is 1.67. The smallest absolute Gasteiger partial charge is 0.292 e. The number of para-hydroxylation sites is 1. The monoisotopic (exact) mass is 461 g/mol. The molecule has 160 valence electrons. The van der Waals surface area contributed by atoms with E-state index < -0.39 is 0 Å². The first-order valence-corrected chi connectivity index (χ1v) is 11.8. The van der Waals surface area contributed by atoms with Gasteiger partial charge in [0.2, 0.25) is 0 Å². The number of carbonyl (C=O) groups is 1. The molecule has 0 aliphatic heterocycles. The van der Waals surface area contributed by atoms with E-state index in [-0.39, 0.29) is 5.91 Å². The second-order valence-electron chi connectivity index (χ2n) is 7.10. The van der Waals surface area contributed by atoms with Crippen molar-refractivity contribution in [3.63, 3.8) is 0 Å². The predicted octanol–water partition coefficient (Wildman–Crippen LogP) is 5.38. The van der Waals surface area contributed by atoms with E-state index in [2.05, 4.69) is 20.6 Å². The summed E-state index contributed by atoms with van der Waals surface area (Å²) in [6.45, 7) is 2.48. The molecule has 0 saturated heterocycles. The van der Waals surface area contributed by atoms with Crippen LogP contribution in [0.4, 0.5) is 5.82 Å². The predicted molar refractivity (Wildman–Crippen MR) is 126 cm³/mol. The number of rotatable bonds is 7. The first kappa shape index (κ1) is 20.5. The first-order chi connectivity index (χ1) is 15.7. The van der Waals surface area contributed by atoms with E-state index in [0.29, 0.717) is 29.5 Å². The zero-order valence-corrected chi connectivity index (χ0v) is 18.8. The largest absolute Gasteiger partial charge is 0.451 e. The molecule has 0 unspecified atom stereocenters. The number of carbonyl (C=O) groups excluding carboxylic acids is 1. The van der Waals surface area contributed by atoms with E-state index in [1.165, 1.54) is 11.3 Å². The highest BCUT2D eigenvalue weighted by Gasteiger charge is 2.22. The standard InChI is InChI=1S/C23H19N5O2S2/c1-15-26-27-23(32-15)31-14-18-17-9-5-6-10-19(17)30-21(18)22(29)25-20-11-12-24-28(20)13-16-7-3-2-4-8-16/h2-12H,13-14H2,1H3,(H,25,29). The van der Waals surface area contributed by atoms with Gasteiger partial charge in [-0.3, -0.25) is 4.79 Å². The highest BCUT2D eigenvalue weighted by atomic mass is 32.2. The van der Waals surface area contributed by atoms with Crippen LogP contribution in [-0.2, 0) is 12.3 Å². The minimum Gasteiger partial charge on any atom is -0.451 e. The molecule has 7 nitrogen and oxygen atoms in total. The van der Waals surface area contributed by atoms with Crippen molar-refractivity contribution in [1.29, 1.82) is 0 Å². The van der Waals surface area contributed by atoms with Gasteiger partial charge in [0.15, 0.2) is 10.1 Å². The number of nitrogens with zero attached hydrogens (tertiary/aromatic N) is 4. The highest BCUT2D eigenvalue weighted by molar-refractivity contribution is 8.00. The molecule has 3 aromatic heterocycles. The third kappa shape index (κ3) is 4.30. The lowest BCUT2D eigenvalue weighted by Crippen LogP contribution is -2.16. The molecule has 0 bridgehead atoms. The van der Waals surface area contributed by atoms with Crippen LogP contribution in [0.25, 0.3) is 11.0 Å². The van der Waals surface area contributed by atoms with Crippen LogP contribution in [0.2, 0.25) is 0 Å². The summed E-state index contributed by atoms with van der Waals surface area (Å²) in [4.78, 5) is 13.2. The molecule has 32 heavy (non-hydrogen) atoms. The maximum atomic E-state index is 13.2. The number of anilines is 1. The summed E-state index contributed by atoms with van der Waals surface area (Å²) in [6, 6.07) is 19.4. The number of fused-ring (bicyclic) bond motifs is 1. The molecule has 1 N–H and O–H groups in total. The fourth-order valence-corrected chi connectivity index (χ4v) is 5.23. The summed E-state index contributed by atoms with van der Waals surface area (Å²) in [7, 11) is 0. The minimum atomic E-state index is -0.306. The van der Waals surface area contributed by atoms with Gasteiger partial charge >= 0.3 is 0 Å². The van der Waals surface area contributed by atoms with Crippen LogP contribution in [-0.4, -0.2) is 25.9 Å². The molecule has 0 saturated carbocycles. The molecule has 0 aliphatic rings. The molecular weight excluding hydrogens is 442 g/mol. The van der Waals surface area contributed by atoms with Crippen molar-refractivity contribution in [2.75, 3.05) is 5.32 Å². The van der Waals surface area contributed by atoms with E-state index in [0.717, 1.165) is 25.9 Å². The lowest BCUT2D eigenvalue weighted by molar-refractivity contribution is 0.0997. The second-order valence-corrected chi connectivity index (χ2v) is 9.50. The van der Waals surface area contributed by atoms with Crippen molar-refractivity contribution in [1.82, 2.24) is 20.0 Å². The third-order valence-electron chi connectivity index (χ3n) is 4.89. The van der Waals surface area contributed by atoms with Gasteiger partial charge in [0, 0.05) is 22.8 Å². The number of benzene rings is 2. The minimum absolute atomic E-state index is 0.299. The average Bonchev–Trinajstić information content (AvgIpc) is 3.52. The summed E-state index contributed by atoms with van der Waals surface area (Å²) in [5, 5.41) is 17.4. The van der Waals surface area contributed by atoms with E-state index >= 15 is 0 Å². The van der Waals surface area contributed by atoms with Crippen LogP contribution in [0.15, 0.2) is 75.6 Å². The molecule has 1 amide bonds. The Kier molecular flexibility index (Phi) is 5.74. The number of hydrogen-bond donors (Lipinski definition) is 1. The van der Waals surface area contributed by atoms with Crippen LogP contribution in [0.3, 0.4) is 0 Å². The van der Waals surface area contributed by atoms with Crippen molar-refractivity contribution in [2.24, 2.45) is 0 Å². The fourth-order valence-electron chi connectivity index (χ4n) is 3.39. The van der Waals surface area contributed by atoms with Crippen LogP contribution in [0, 0.1) is 6.92 Å². The molecular formula is C23H19N5O2S2. The molecule has 0 spiro atoms. The van der Waals surface area contributed by atoms with Crippen molar-refractivity contribution < 1.29 is 9.21 Å². The number of nitrogens with one attached hydrogen (secondary N) is 1. The fraction of sp³-hybridized carbons (Fsp3) is 0.130. The molecule has 9 heteroatoms. The van der Waals surface area contributed by atoms with E-state index in [1.807, 2.05) is 61.5 Å². The lowest BCUT2D eigenvalue weighted by atomic mass is 10.1. The van der Waals surface area contributed by atoms with E-state index in [4.69, 9.17) is 4.42 Å². The highest BCUT2D eigenvalue weighted by Crippen LogP contribution is 2.33. The van der Waals surface area contributed by atoms with E-state index in [1.54, 1.807) is 28.7 Å². The van der Waals surface area contributed by atoms with Crippen molar-refractivity contribution in [2.45, 2.75) is 23.6 Å². The SMILES string of the molecule is Cc1nnc(SCc2c(C(=O)Nc3ccnn3Cc3ccccc3)oc3ccccc23)s1. The second kappa shape index (κ2) is 8.97. The molecule has 3 heterocycles. The third-order valence-corrected chi connectivity index (χ3v) is 6.88. The van der Waals surface area contributed by atoms with Crippen molar-refractivity contribution in [3.05, 3.63) is 88.8 Å². The Morgan fingerprint density at radius 2 is 1.91 bits per heavy atom. The number of amides is 1. The van der Waals surface area contributed by atoms with Crippen LogP contribution in [0.5, 0.6) is 0 Å². The van der Waals surface area contributed by atoms with Crippen LogP contribution < -0.4 is 5.32 Å². The van der Waals surface area contributed by atoms with Gasteiger partial charge in [-0.2, -0.15) is 5.10 Å². The zero-order chi connectivity index (χ0) is 21.9. The average molecular weight is 462 g/mol. The zero-order valence-electron chi connectivity index (χ0n) is 17.2. The van der Waals surface area contributed by atoms with Crippen molar-refractivity contribution >= 4 is 45.8 Å². The van der Waals surface area contributed by atoms with Crippen molar-refractivity contribution in [3.8, 4) is 0 Å². The topological polar surface area (TPSA) is 85.8 Å². The lowest BCUT2D eigenvalue weighted by Gasteiger charge is -2.09. The van der Waals surface area contributed by atoms with Crippen LogP contribution >= 0.6 is 23.1 Å². The summed E-state index contributed by atoms with van der Waals surface area (Å²) >= 11 is 3.08.